The Hall–Kier alpha value is -2.13. The summed E-state index contributed by atoms with van der Waals surface area (Å²) < 4.78 is 27.5. The molecule has 0 bridgehead atoms. The van der Waals surface area contributed by atoms with Gasteiger partial charge in [0.2, 0.25) is 15.9 Å². The minimum atomic E-state index is -3.57. The van der Waals surface area contributed by atoms with Crippen molar-refractivity contribution in [1.82, 2.24) is 19.8 Å². The quantitative estimate of drug-likeness (QED) is 0.606. The first kappa shape index (κ1) is 24.5. The molecule has 2 fully saturated rings. The van der Waals surface area contributed by atoms with E-state index < -0.39 is 10.0 Å². The number of rotatable bonds is 7. The number of nitrogens with one attached hydrogen (secondary N) is 2. The SMILES string of the molecule is Cc1ccc(C)c(S(=O)(=O)N2CCN(C(=O)CCCNC(=O)NC3CCCCC3)CC2)c1. The highest BCUT2D eigenvalue weighted by Gasteiger charge is 2.31. The van der Waals surface area contributed by atoms with Gasteiger partial charge in [-0.15, -0.1) is 0 Å². The number of urea groups is 1. The number of benzene rings is 1. The second kappa shape index (κ2) is 11.1. The molecule has 1 aliphatic carbocycles. The maximum absolute atomic E-state index is 13.0. The molecule has 3 amide bonds. The molecular weight excluding hydrogens is 428 g/mol. The summed E-state index contributed by atoms with van der Waals surface area (Å²) in [5.74, 6) is 0.00303. The van der Waals surface area contributed by atoms with Gasteiger partial charge in [0, 0.05) is 45.2 Å². The lowest BCUT2D eigenvalue weighted by Crippen LogP contribution is -2.50. The number of hydrogen-bond donors (Lipinski definition) is 2. The molecule has 0 unspecified atom stereocenters. The summed E-state index contributed by atoms with van der Waals surface area (Å²) in [6.07, 6.45) is 6.56. The highest BCUT2D eigenvalue weighted by atomic mass is 32.2. The van der Waals surface area contributed by atoms with E-state index in [0.29, 0.717) is 50.5 Å². The van der Waals surface area contributed by atoms with Crippen molar-refractivity contribution in [3.63, 3.8) is 0 Å². The van der Waals surface area contributed by atoms with Crippen molar-refractivity contribution in [3.8, 4) is 0 Å². The lowest BCUT2D eigenvalue weighted by Gasteiger charge is -2.34. The Bertz CT molecular complexity index is 905. The van der Waals surface area contributed by atoms with Gasteiger partial charge in [-0.25, -0.2) is 13.2 Å². The summed E-state index contributed by atoms with van der Waals surface area (Å²) in [7, 11) is -3.57. The van der Waals surface area contributed by atoms with Crippen molar-refractivity contribution in [2.24, 2.45) is 0 Å². The molecule has 1 aromatic carbocycles. The molecule has 1 aliphatic heterocycles. The molecule has 1 heterocycles. The third-order valence-corrected chi connectivity index (χ3v) is 8.39. The minimum absolute atomic E-state index is 0.00303. The zero-order valence-corrected chi connectivity index (χ0v) is 20.0. The third-order valence-electron chi connectivity index (χ3n) is 6.35. The molecule has 0 atom stereocenters. The van der Waals surface area contributed by atoms with Crippen LogP contribution in [0.3, 0.4) is 0 Å². The summed E-state index contributed by atoms with van der Waals surface area (Å²) in [6.45, 7) is 5.49. The Morgan fingerprint density at radius 2 is 1.72 bits per heavy atom. The summed E-state index contributed by atoms with van der Waals surface area (Å²) >= 11 is 0. The molecule has 9 heteroatoms. The Morgan fingerprint density at radius 1 is 1.03 bits per heavy atom. The van der Waals surface area contributed by atoms with E-state index in [0.717, 1.165) is 24.0 Å². The van der Waals surface area contributed by atoms with Crippen LogP contribution in [-0.2, 0) is 14.8 Å². The van der Waals surface area contributed by atoms with Gasteiger partial charge < -0.3 is 15.5 Å². The van der Waals surface area contributed by atoms with Crippen LogP contribution in [0, 0.1) is 13.8 Å². The molecule has 8 nitrogen and oxygen atoms in total. The number of aryl methyl sites for hydroxylation is 2. The molecule has 0 spiro atoms. The van der Waals surface area contributed by atoms with E-state index >= 15 is 0 Å². The molecule has 0 aromatic heterocycles. The lowest BCUT2D eigenvalue weighted by molar-refractivity contribution is -0.132. The van der Waals surface area contributed by atoms with Crippen LogP contribution in [0.25, 0.3) is 0 Å². The van der Waals surface area contributed by atoms with Gasteiger partial charge in [-0.3, -0.25) is 4.79 Å². The molecular formula is C23H36N4O4S. The van der Waals surface area contributed by atoms with Gasteiger partial charge in [-0.1, -0.05) is 31.4 Å². The normalized spacial score (nSPS) is 18.4. The Labute approximate surface area is 191 Å². The van der Waals surface area contributed by atoms with Gasteiger partial charge in [0.1, 0.15) is 0 Å². The van der Waals surface area contributed by atoms with Crippen LogP contribution >= 0.6 is 0 Å². The second-order valence-corrected chi connectivity index (χ2v) is 10.8. The van der Waals surface area contributed by atoms with Gasteiger partial charge in [0.05, 0.1) is 4.90 Å². The van der Waals surface area contributed by atoms with Crippen LogP contribution in [0.2, 0.25) is 0 Å². The molecule has 1 aromatic rings. The average Bonchev–Trinajstić information content (AvgIpc) is 2.79. The van der Waals surface area contributed by atoms with Crippen molar-refractivity contribution in [2.45, 2.75) is 69.7 Å². The lowest BCUT2D eigenvalue weighted by atomic mass is 9.96. The van der Waals surface area contributed by atoms with E-state index in [-0.39, 0.29) is 18.0 Å². The fourth-order valence-electron chi connectivity index (χ4n) is 4.39. The van der Waals surface area contributed by atoms with Crippen LogP contribution in [0.1, 0.15) is 56.1 Å². The predicted molar refractivity (Wildman–Crippen MR) is 124 cm³/mol. The van der Waals surface area contributed by atoms with Crippen LogP contribution in [0.5, 0.6) is 0 Å². The Balaban J connectivity index is 1.38. The smallest absolute Gasteiger partial charge is 0.315 e. The molecule has 2 N–H and O–H groups in total. The van der Waals surface area contributed by atoms with E-state index in [9.17, 15) is 18.0 Å². The van der Waals surface area contributed by atoms with E-state index in [2.05, 4.69) is 10.6 Å². The van der Waals surface area contributed by atoms with Crippen LogP contribution in [0.15, 0.2) is 23.1 Å². The first-order valence-electron chi connectivity index (χ1n) is 11.7. The zero-order chi connectivity index (χ0) is 23.1. The minimum Gasteiger partial charge on any atom is -0.340 e. The molecule has 1 saturated carbocycles. The summed E-state index contributed by atoms with van der Waals surface area (Å²) in [5.41, 5.74) is 1.64. The zero-order valence-electron chi connectivity index (χ0n) is 19.2. The number of nitrogens with zero attached hydrogens (tertiary/aromatic N) is 2. The van der Waals surface area contributed by atoms with Gasteiger partial charge in [0.15, 0.2) is 0 Å². The topological polar surface area (TPSA) is 98.8 Å². The van der Waals surface area contributed by atoms with Gasteiger partial charge >= 0.3 is 6.03 Å². The first-order chi connectivity index (χ1) is 15.3. The summed E-state index contributed by atoms with van der Waals surface area (Å²) in [5, 5.41) is 5.84. The van der Waals surface area contributed by atoms with E-state index in [1.807, 2.05) is 19.1 Å². The molecule has 32 heavy (non-hydrogen) atoms. The van der Waals surface area contributed by atoms with Crippen LogP contribution in [0.4, 0.5) is 4.79 Å². The van der Waals surface area contributed by atoms with Crippen molar-refractivity contribution in [2.75, 3.05) is 32.7 Å². The van der Waals surface area contributed by atoms with E-state index in [4.69, 9.17) is 0 Å². The van der Waals surface area contributed by atoms with Gasteiger partial charge in [-0.05, 0) is 50.3 Å². The van der Waals surface area contributed by atoms with Crippen LogP contribution < -0.4 is 10.6 Å². The highest BCUT2D eigenvalue weighted by molar-refractivity contribution is 7.89. The molecule has 178 valence electrons. The third kappa shape index (κ3) is 6.45. The summed E-state index contributed by atoms with van der Waals surface area (Å²) in [4.78, 5) is 26.5. The average molecular weight is 465 g/mol. The standard InChI is InChI=1S/C23H36N4O4S/c1-18-10-11-19(2)21(17-18)32(30,31)27-15-13-26(14-16-27)22(28)9-6-12-24-23(29)25-20-7-4-3-5-8-20/h10-11,17,20H,3-9,12-16H2,1-2H3,(H2,24,25,29). The molecule has 0 radical (unpaired) electrons. The van der Waals surface area contributed by atoms with Crippen molar-refractivity contribution in [1.29, 1.82) is 0 Å². The van der Waals surface area contributed by atoms with E-state index in [1.54, 1.807) is 17.9 Å². The summed E-state index contributed by atoms with van der Waals surface area (Å²) in [6, 6.07) is 5.54. The molecule has 3 rings (SSSR count). The Morgan fingerprint density at radius 3 is 2.41 bits per heavy atom. The number of hydrogen-bond acceptors (Lipinski definition) is 4. The van der Waals surface area contributed by atoms with Gasteiger partial charge in [0.25, 0.3) is 0 Å². The maximum Gasteiger partial charge on any atom is 0.315 e. The molecule has 2 aliphatic rings. The Kier molecular flexibility index (Phi) is 8.53. The predicted octanol–water partition coefficient (Wildman–Crippen LogP) is 2.55. The fraction of sp³-hybridized carbons (Fsp3) is 0.652. The van der Waals surface area contributed by atoms with Crippen molar-refractivity contribution in [3.05, 3.63) is 29.3 Å². The number of carbonyl (C=O) groups is 2. The monoisotopic (exact) mass is 464 g/mol. The van der Waals surface area contributed by atoms with E-state index in [1.165, 1.54) is 23.6 Å². The van der Waals surface area contributed by atoms with Crippen molar-refractivity contribution < 1.29 is 18.0 Å². The molecule has 1 saturated heterocycles. The second-order valence-electron chi connectivity index (χ2n) is 8.89. The largest absolute Gasteiger partial charge is 0.340 e. The van der Waals surface area contributed by atoms with Crippen LogP contribution in [-0.4, -0.2) is 68.3 Å². The maximum atomic E-state index is 13.0. The highest BCUT2D eigenvalue weighted by Crippen LogP contribution is 2.22. The fourth-order valence-corrected chi connectivity index (χ4v) is 6.12. The number of amides is 3. The first-order valence-corrected chi connectivity index (χ1v) is 13.1. The number of piperazine rings is 1. The number of carbonyl (C=O) groups excluding carboxylic acids is 2. The van der Waals surface area contributed by atoms with Gasteiger partial charge in [-0.2, -0.15) is 4.31 Å². The van der Waals surface area contributed by atoms with Crippen molar-refractivity contribution >= 4 is 22.0 Å². The number of sulfonamides is 1.